The first-order valence-electron chi connectivity index (χ1n) is 2.50. The zero-order valence-corrected chi connectivity index (χ0v) is 6.83. The second kappa shape index (κ2) is 8.58. The zero-order chi connectivity index (χ0) is 6.95. The van der Waals surface area contributed by atoms with Crippen molar-refractivity contribution in [3.63, 3.8) is 0 Å². The lowest BCUT2D eigenvalue weighted by molar-refractivity contribution is -0.432. The third-order valence-electron chi connectivity index (χ3n) is 0.655. The molecule has 56 valence electrons. The van der Waals surface area contributed by atoms with Gasteiger partial charge in [-0.25, -0.2) is 5.26 Å². The summed E-state index contributed by atoms with van der Waals surface area (Å²) in [7, 11) is 0. The molecular formula is C4H10O3S2. The summed E-state index contributed by atoms with van der Waals surface area (Å²) < 4.78 is 4.14. The van der Waals surface area contributed by atoms with Crippen LogP contribution in [0.4, 0.5) is 0 Å². The van der Waals surface area contributed by atoms with E-state index >= 15 is 0 Å². The van der Waals surface area contributed by atoms with Gasteiger partial charge in [-0.15, -0.1) is 4.33 Å². The number of rotatable bonds is 6. The summed E-state index contributed by atoms with van der Waals surface area (Å²) in [6.45, 7) is 0. The van der Waals surface area contributed by atoms with E-state index in [-0.39, 0.29) is 0 Å². The van der Waals surface area contributed by atoms with E-state index in [2.05, 4.69) is 9.37 Å². The van der Waals surface area contributed by atoms with Gasteiger partial charge in [-0.3, -0.25) is 0 Å². The molecule has 0 unspecified atom stereocenters. The molecule has 9 heavy (non-hydrogen) atoms. The van der Waals surface area contributed by atoms with Gasteiger partial charge in [-0.05, 0) is 18.4 Å². The van der Waals surface area contributed by atoms with E-state index in [1.165, 1.54) is 0 Å². The van der Waals surface area contributed by atoms with Crippen molar-refractivity contribution in [3.05, 3.63) is 0 Å². The molecule has 0 aliphatic carbocycles. The highest BCUT2D eigenvalue weighted by molar-refractivity contribution is 7.98. The maximum absolute atomic E-state index is 7.67. The van der Waals surface area contributed by atoms with Crippen LogP contribution in [-0.4, -0.2) is 23.0 Å². The molecule has 0 aromatic carbocycles. The van der Waals surface area contributed by atoms with E-state index in [0.29, 0.717) is 0 Å². The minimum atomic E-state index is 0.849. The van der Waals surface area contributed by atoms with Crippen LogP contribution in [0, 0.1) is 0 Å². The van der Waals surface area contributed by atoms with Crippen LogP contribution in [0.3, 0.4) is 0 Å². The minimum Gasteiger partial charge on any atom is -0.220 e. The quantitative estimate of drug-likeness (QED) is 0.285. The molecule has 0 radical (unpaired) electrons. The molecule has 5 heteroatoms. The Morgan fingerprint density at radius 3 is 2.78 bits per heavy atom. The van der Waals surface area contributed by atoms with Crippen molar-refractivity contribution in [1.82, 2.24) is 0 Å². The molecule has 1 N–H and O–H groups in total. The predicted octanol–water partition coefficient (Wildman–Crippen LogP) is 1.81. The van der Waals surface area contributed by atoms with Crippen molar-refractivity contribution in [2.45, 2.75) is 6.42 Å². The molecule has 0 heterocycles. The Balaban J connectivity index is 2.60. The van der Waals surface area contributed by atoms with E-state index in [9.17, 15) is 0 Å². The standard InChI is InChI=1S/C4H10O3S2/c1-8-3-2-4-9-7-6-5/h5H,2-4H2,1H3. The van der Waals surface area contributed by atoms with E-state index in [1.54, 1.807) is 11.8 Å². The summed E-state index contributed by atoms with van der Waals surface area (Å²) >= 11 is 2.90. The minimum absolute atomic E-state index is 0.849. The third kappa shape index (κ3) is 8.58. The molecule has 0 saturated carbocycles. The van der Waals surface area contributed by atoms with E-state index in [1.807, 2.05) is 6.26 Å². The molecule has 0 spiro atoms. The van der Waals surface area contributed by atoms with Crippen molar-refractivity contribution >= 4 is 23.8 Å². The van der Waals surface area contributed by atoms with Crippen molar-refractivity contribution in [2.24, 2.45) is 0 Å². The molecule has 0 saturated heterocycles. The van der Waals surface area contributed by atoms with E-state index in [0.717, 1.165) is 30.0 Å². The second-order valence-corrected chi connectivity index (χ2v) is 3.08. The summed E-state index contributed by atoms with van der Waals surface area (Å²) in [5.74, 6) is 1.96. The number of hydrogen-bond donors (Lipinski definition) is 1. The van der Waals surface area contributed by atoms with Gasteiger partial charge in [0, 0.05) is 17.8 Å². The van der Waals surface area contributed by atoms with Gasteiger partial charge in [0.1, 0.15) is 0 Å². The highest BCUT2D eigenvalue weighted by Crippen LogP contribution is 2.06. The Bertz CT molecular complexity index is 47.1. The SMILES string of the molecule is CSCCCSOOO. The molecule has 0 bridgehead atoms. The Morgan fingerprint density at radius 2 is 2.22 bits per heavy atom. The summed E-state index contributed by atoms with van der Waals surface area (Å²) in [4.78, 5) is 0. The van der Waals surface area contributed by atoms with E-state index < -0.39 is 0 Å². The van der Waals surface area contributed by atoms with Gasteiger partial charge in [0.2, 0.25) is 0 Å². The molecule has 0 aliphatic heterocycles. The van der Waals surface area contributed by atoms with E-state index in [4.69, 9.17) is 5.26 Å². The average Bonchev–Trinajstić information content (AvgIpc) is 1.89. The average molecular weight is 170 g/mol. The topological polar surface area (TPSA) is 38.7 Å². The molecule has 0 aliphatic rings. The molecule has 3 nitrogen and oxygen atoms in total. The smallest absolute Gasteiger partial charge is 0.0346 e. The van der Waals surface area contributed by atoms with Crippen LogP contribution in [0.1, 0.15) is 6.42 Å². The highest BCUT2D eigenvalue weighted by atomic mass is 32.2. The molecule has 0 aromatic rings. The molecule has 0 atom stereocenters. The maximum atomic E-state index is 7.67. The number of thioether (sulfide) groups is 1. The van der Waals surface area contributed by atoms with Gasteiger partial charge in [-0.2, -0.15) is 11.8 Å². The van der Waals surface area contributed by atoms with Crippen molar-refractivity contribution < 1.29 is 14.6 Å². The molecule has 0 amide bonds. The van der Waals surface area contributed by atoms with Crippen LogP contribution >= 0.6 is 23.8 Å². The van der Waals surface area contributed by atoms with Crippen LogP contribution in [0.2, 0.25) is 0 Å². The van der Waals surface area contributed by atoms with Crippen LogP contribution in [0.25, 0.3) is 0 Å². The highest BCUT2D eigenvalue weighted by Gasteiger charge is 1.88. The van der Waals surface area contributed by atoms with Gasteiger partial charge in [0.05, 0.1) is 0 Å². The lowest BCUT2D eigenvalue weighted by Crippen LogP contribution is -1.84. The van der Waals surface area contributed by atoms with Crippen LogP contribution in [0.15, 0.2) is 0 Å². The van der Waals surface area contributed by atoms with Crippen LogP contribution < -0.4 is 0 Å². The predicted molar refractivity (Wildman–Crippen MR) is 40.3 cm³/mol. The second-order valence-electron chi connectivity index (χ2n) is 1.31. The fourth-order valence-electron chi connectivity index (χ4n) is 0.318. The first kappa shape index (κ1) is 9.58. The molecule has 0 aromatic heterocycles. The van der Waals surface area contributed by atoms with Crippen LogP contribution in [-0.2, 0) is 9.37 Å². The van der Waals surface area contributed by atoms with Gasteiger partial charge in [-0.1, -0.05) is 5.04 Å². The van der Waals surface area contributed by atoms with Crippen molar-refractivity contribution in [2.75, 3.05) is 17.8 Å². The summed E-state index contributed by atoms with van der Waals surface area (Å²) in [5.41, 5.74) is 0. The van der Waals surface area contributed by atoms with Gasteiger partial charge < -0.3 is 0 Å². The first-order valence-corrected chi connectivity index (χ1v) is 4.81. The summed E-state index contributed by atoms with van der Waals surface area (Å²) in [5, 5.41) is 11.1. The van der Waals surface area contributed by atoms with Crippen molar-refractivity contribution in [3.8, 4) is 0 Å². The monoisotopic (exact) mass is 170 g/mol. The molecule has 0 fully saturated rings. The lowest BCUT2D eigenvalue weighted by Gasteiger charge is -1.94. The van der Waals surface area contributed by atoms with Gasteiger partial charge >= 0.3 is 0 Å². The zero-order valence-electron chi connectivity index (χ0n) is 5.20. The molecule has 0 rings (SSSR count). The third-order valence-corrected chi connectivity index (χ3v) is 1.96. The van der Waals surface area contributed by atoms with Gasteiger partial charge in [0.15, 0.2) is 0 Å². The Kier molecular flexibility index (Phi) is 9.13. The summed E-state index contributed by atoms with van der Waals surface area (Å²) in [6.07, 6.45) is 3.11. The van der Waals surface area contributed by atoms with Gasteiger partial charge in [0.25, 0.3) is 0 Å². The van der Waals surface area contributed by atoms with Crippen molar-refractivity contribution in [1.29, 1.82) is 0 Å². The fraction of sp³-hybridized carbons (Fsp3) is 1.00. The number of hydrogen-bond acceptors (Lipinski definition) is 5. The Labute approximate surface area is 63.2 Å². The maximum Gasteiger partial charge on any atom is 0.0346 e. The normalized spacial score (nSPS) is 10.0. The summed E-state index contributed by atoms with van der Waals surface area (Å²) in [6, 6.07) is 0. The van der Waals surface area contributed by atoms with Crippen LogP contribution in [0.5, 0.6) is 0 Å². The Hall–Kier alpha value is 0.580. The first-order chi connectivity index (χ1) is 4.41. The Morgan fingerprint density at radius 1 is 1.44 bits per heavy atom. The fourth-order valence-corrected chi connectivity index (χ4v) is 1.31. The largest absolute Gasteiger partial charge is 0.220 e. The lowest BCUT2D eigenvalue weighted by atomic mass is 10.6. The molecular weight excluding hydrogens is 160 g/mol.